The number of rotatable bonds is 12. The lowest BCUT2D eigenvalue weighted by molar-refractivity contribution is 0.292. The Hall–Kier alpha value is -1.22. The number of ether oxygens (including phenoxy) is 2. The van der Waals surface area contributed by atoms with E-state index >= 15 is 0 Å². The van der Waals surface area contributed by atoms with E-state index in [1.54, 1.807) is 14.2 Å². The van der Waals surface area contributed by atoms with Crippen LogP contribution in [0.3, 0.4) is 0 Å². The van der Waals surface area contributed by atoms with E-state index in [2.05, 4.69) is 41.3 Å². The highest BCUT2D eigenvalue weighted by atomic mass is 127. The molecule has 0 spiro atoms. The van der Waals surface area contributed by atoms with Gasteiger partial charge in [0, 0.05) is 19.2 Å². The van der Waals surface area contributed by atoms with Gasteiger partial charge in [0.2, 0.25) is 0 Å². The number of aliphatic imine (C=N–C) groups is 1. The van der Waals surface area contributed by atoms with E-state index in [0.717, 1.165) is 43.5 Å². The van der Waals surface area contributed by atoms with Crippen molar-refractivity contribution < 1.29 is 9.47 Å². The summed E-state index contributed by atoms with van der Waals surface area (Å²) in [6, 6.07) is 8.01. The van der Waals surface area contributed by atoms with Gasteiger partial charge in [-0.2, -0.15) is 0 Å². The summed E-state index contributed by atoms with van der Waals surface area (Å²) >= 11 is 0. The molecule has 0 amide bonds. The van der Waals surface area contributed by atoms with Gasteiger partial charge in [0.25, 0.3) is 0 Å². The number of benzene rings is 1. The van der Waals surface area contributed by atoms with Crippen LogP contribution in [0.4, 0.5) is 0 Å². The molecule has 0 aliphatic heterocycles. The van der Waals surface area contributed by atoms with Gasteiger partial charge in [0.15, 0.2) is 5.96 Å². The lowest BCUT2D eigenvalue weighted by Crippen LogP contribution is -2.43. The van der Waals surface area contributed by atoms with Gasteiger partial charge < -0.3 is 25.0 Å². The summed E-state index contributed by atoms with van der Waals surface area (Å²) in [5.74, 6) is 2.42. The summed E-state index contributed by atoms with van der Waals surface area (Å²) in [6.07, 6.45) is 2.31. The monoisotopic (exact) mass is 492 g/mol. The average Bonchev–Trinajstić information content (AvgIpc) is 2.67. The first kappa shape index (κ1) is 25.8. The van der Waals surface area contributed by atoms with Crippen molar-refractivity contribution in [3.05, 3.63) is 24.3 Å². The van der Waals surface area contributed by atoms with Crippen LogP contribution in [-0.2, 0) is 0 Å². The Morgan fingerprint density at radius 2 is 1.93 bits per heavy atom. The first-order valence-corrected chi connectivity index (χ1v) is 9.59. The first-order valence-electron chi connectivity index (χ1n) is 9.59. The van der Waals surface area contributed by atoms with E-state index in [9.17, 15) is 0 Å². The van der Waals surface area contributed by atoms with Crippen LogP contribution < -0.4 is 20.1 Å². The molecule has 27 heavy (non-hydrogen) atoms. The Kier molecular flexibility index (Phi) is 15.1. The van der Waals surface area contributed by atoms with Crippen LogP contribution in [0.5, 0.6) is 11.5 Å². The van der Waals surface area contributed by atoms with Gasteiger partial charge in [0.05, 0.1) is 13.7 Å². The van der Waals surface area contributed by atoms with Gasteiger partial charge in [0.1, 0.15) is 18.1 Å². The number of halogens is 1. The van der Waals surface area contributed by atoms with Crippen molar-refractivity contribution >= 4 is 29.9 Å². The number of hydrogen-bond donors (Lipinski definition) is 2. The Morgan fingerprint density at radius 1 is 1.22 bits per heavy atom. The second-order valence-electron chi connectivity index (χ2n) is 6.24. The molecule has 0 saturated carbocycles. The highest BCUT2D eigenvalue weighted by Gasteiger charge is 2.06. The molecule has 1 rings (SSSR count). The van der Waals surface area contributed by atoms with Gasteiger partial charge in [-0.3, -0.25) is 4.99 Å². The average molecular weight is 492 g/mol. The molecule has 1 aromatic carbocycles. The van der Waals surface area contributed by atoms with Crippen LogP contribution in [0, 0.1) is 0 Å². The number of nitrogens with one attached hydrogen (secondary N) is 2. The molecule has 0 radical (unpaired) electrons. The summed E-state index contributed by atoms with van der Waals surface area (Å²) in [7, 11) is 3.44. The molecular weight excluding hydrogens is 455 g/mol. The van der Waals surface area contributed by atoms with Crippen molar-refractivity contribution in [2.45, 2.75) is 39.7 Å². The van der Waals surface area contributed by atoms with Crippen LogP contribution in [0.25, 0.3) is 0 Å². The van der Waals surface area contributed by atoms with Crippen molar-refractivity contribution in [3.63, 3.8) is 0 Å². The topological polar surface area (TPSA) is 58.1 Å². The third-order valence-corrected chi connectivity index (χ3v) is 4.32. The second-order valence-corrected chi connectivity index (χ2v) is 6.24. The Balaban J connectivity index is 0.00000676. The van der Waals surface area contributed by atoms with Crippen LogP contribution in [0.15, 0.2) is 29.3 Å². The van der Waals surface area contributed by atoms with E-state index in [1.165, 1.54) is 6.42 Å². The van der Waals surface area contributed by atoms with Crippen LogP contribution in [0.2, 0.25) is 0 Å². The van der Waals surface area contributed by atoms with Gasteiger partial charge in [-0.25, -0.2) is 0 Å². The van der Waals surface area contributed by atoms with Gasteiger partial charge >= 0.3 is 0 Å². The second kappa shape index (κ2) is 15.8. The van der Waals surface area contributed by atoms with Gasteiger partial charge in [-0.1, -0.05) is 19.9 Å². The molecule has 7 heteroatoms. The summed E-state index contributed by atoms with van der Waals surface area (Å²) in [5.41, 5.74) is 0. The highest BCUT2D eigenvalue weighted by Crippen LogP contribution is 2.18. The minimum absolute atomic E-state index is 0. The summed E-state index contributed by atoms with van der Waals surface area (Å²) < 4.78 is 10.9. The van der Waals surface area contributed by atoms with Gasteiger partial charge in [-0.15, -0.1) is 24.0 Å². The Labute approximate surface area is 182 Å². The molecule has 0 aromatic heterocycles. The Morgan fingerprint density at radius 3 is 2.56 bits per heavy atom. The van der Waals surface area contributed by atoms with Crippen molar-refractivity contribution in [3.8, 4) is 11.5 Å². The van der Waals surface area contributed by atoms with Crippen molar-refractivity contribution in [2.75, 3.05) is 46.9 Å². The van der Waals surface area contributed by atoms with E-state index in [1.807, 2.05) is 24.3 Å². The van der Waals surface area contributed by atoms with Crippen LogP contribution >= 0.6 is 24.0 Å². The SMILES string of the molecule is CCN(CC)CCCC(C)NC(=NC)NCCOc1cccc(OC)c1.I. The molecule has 1 unspecified atom stereocenters. The Bertz CT molecular complexity index is 524. The largest absolute Gasteiger partial charge is 0.497 e. The highest BCUT2D eigenvalue weighted by molar-refractivity contribution is 14.0. The molecule has 0 aliphatic carbocycles. The fourth-order valence-electron chi connectivity index (χ4n) is 2.69. The first-order chi connectivity index (χ1) is 12.6. The minimum atomic E-state index is 0. The lowest BCUT2D eigenvalue weighted by atomic mass is 10.2. The van der Waals surface area contributed by atoms with Crippen LogP contribution in [-0.4, -0.2) is 63.8 Å². The lowest BCUT2D eigenvalue weighted by Gasteiger charge is -2.21. The van der Waals surface area contributed by atoms with Gasteiger partial charge in [-0.05, 0) is 51.5 Å². The van der Waals surface area contributed by atoms with Crippen molar-refractivity contribution in [1.82, 2.24) is 15.5 Å². The fraction of sp³-hybridized carbons (Fsp3) is 0.650. The van der Waals surface area contributed by atoms with Crippen molar-refractivity contribution in [1.29, 1.82) is 0 Å². The number of hydrogen-bond acceptors (Lipinski definition) is 4. The molecule has 1 atom stereocenters. The number of methoxy groups -OCH3 is 1. The minimum Gasteiger partial charge on any atom is -0.497 e. The zero-order chi connectivity index (χ0) is 19.2. The molecule has 2 N–H and O–H groups in total. The molecule has 156 valence electrons. The van der Waals surface area contributed by atoms with Crippen molar-refractivity contribution in [2.24, 2.45) is 4.99 Å². The summed E-state index contributed by atoms with van der Waals surface area (Å²) in [5, 5.41) is 6.73. The molecule has 0 saturated heterocycles. The molecule has 1 aromatic rings. The van der Waals surface area contributed by atoms with E-state index < -0.39 is 0 Å². The van der Waals surface area contributed by atoms with E-state index in [-0.39, 0.29) is 24.0 Å². The summed E-state index contributed by atoms with van der Waals surface area (Å²) in [4.78, 5) is 6.74. The normalized spacial score (nSPS) is 12.3. The third kappa shape index (κ3) is 11.3. The fourth-order valence-corrected chi connectivity index (χ4v) is 2.69. The molecule has 0 fully saturated rings. The predicted molar refractivity (Wildman–Crippen MR) is 125 cm³/mol. The zero-order valence-corrected chi connectivity index (χ0v) is 19.8. The van der Waals surface area contributed by atoms with E-state index in [0.29, 0.717) is 19.2 Å². The molecule has 0 aliphatic rings. The maximum Gasteiger partial charge on any atom is 0.191 e. The standard InChI is InChI=1S/C20H36N4O2.HI/c1-6-24(7-2)14-9-10-17(3)23-20(21-4)22-13-15-26-19-12-8-11-18(16-19)25-5;/h8,11-12,16-17H,6-7,9-10,13-15H2,1-5H3,(H2,21,22,23);1H. The maximum atomic E-state index is 5.73. The molecule has 6 nitrogen and oxygen atoms in total. The quantitative estimate of drug-likeness (QED) is 0.203. The summed E-state index contributed by atoms with van der Waals surface area (Å²) in [6.45, 7) is 11.3. The smallest absolute Gasteiger partial charge is 0.191 e. The van der Waals surface area contributed by atoms with E-state index in [4.69, 9.17) is 9.47 Å². The molecular formula is C20H37IN4O2. The number of guanidine groups is 1. The number of nitrogens with zero attached hydrogens (tertiary/aromatic N) is 2. The predicted octanol–water partition coefficient (Wildman–Crippen LogP) is 3.37. The third-order valence-electron chi connectivity index (χ3n) is 4.32. The maximum absolute atomic E-state index is 5.73. The molecule has 0 heterocycles. The van der Waals surface area contributed by atoms with Crippen LogP contribution in [0.1, 0.15) is 33.6 Å². The molecule has 0 bridgehead atoms. The zero-order valence-electron chi connectivity index (χ0n) is 17.5.